The average Bonchev–Trinajstić information content (AvgIpc) is 3.02. The van der Waals surface area contributed by atoms with Crippen molar-refractivity contribution in [3.63, 3.8) is 0 Å². The molecule has 0 saturated carbocycles. The first-order valence-electron chi connectivity index (χ1n) is 8.61. The SMILES string of the molecule is CN=C(NCCC(=O)NC(C)C)NC1CCN(c2ncccc2F)C1. The van der Waals surface area contributed by atoms with E-state index in [-0.39, 0.29) is 23.8 Å². The molecule has 25 heavy (non-hydrogen) atoms. The fraction of sp³-hybridized carbons (Fsp3) is 0.588. The summed E-state index contributed by atoms with van der Waals surface area (Å²) in [6.07, 6.45) is 2.85. The topological polar surface area (TPSA) is 81.6 Å². The molecule has 1 aromatic rings. The largest absolute Gasteiger partial charge is 0.356 e. The highest BCUT2D eigenvalue weighted by Gasteiger charge is 2.25. The monoisotopic (exact) mass is 350 g/mol. The van der Waals surface area contributed by atoms with E-state index < -0.39 is 0 Å². The molecule has 0 radical (unpaired) electrons. The number of carbonyl (C=O) groups is 1. The third kappa shape index (κ3) is 5.88. The number of nitrogens with zero attached hydrogens (tertiary/aromatic N) is 3. The molecule has 1 aliphatic rings. The first kappa shape index (κ1) is 19.0. The number of carbonyl (C=O) groups excluding carboxylic acids is 1. The zero-order chi connectivity index (χ0) is 18.2. The van der Waals surface area contributed by atoms with Gasteiger partial charge < -0.3 is 20.9 Å². The van der Waals surface area contributed by atoms with Gasteiger partial charge in [0.05, 0.1) is 0 Å². The molecule has 1 amide bonds. The van der Waals surface area contributed by atoms with Gasteiger partial charge in [0, 0.05) is 51.4 Å². The van der Waals surface area contributed by atoms with E-state index in [0.29, 0.717) is 31.3 Å². The van der Waals surface area contributed by atoms with E-state index in [2.05, 4.69) is 25.9 Å². The van der Waals surface area contributed by atoms with Crippen LogP contribution in [0.3, 0.4) is 0 Å². The number of rotatable bonds is 6. The third-order valence-electron chi connectivity index (χ3n) is 3.89. The van der Waals surface area contributed by atoms with E-state index in [1.165, 1.54) is 6.07 Å². The van der Waals surface area contributed by atoms with Crippen LogP contribution in [-0.4, -0.2) is 55.6 Å². The van der Waals surface area contributed by atoms with Crippen LogP contribution in [-0.2, 0) is 4.79 Å². The van der Waals surface area contributed by atoms with Crippen molar-refractivity contribution in [2.75, 3.05) is 31.6 Å². The summed E-state index contributed by atoms with van der Waals surface area (Å²) in [5.74, 6) is 0.739. The molecule has 1 aromatic heterocycles. The Balaban J connectivity index is 1.77. The van der Waals surface area contributed by atoms with Gasteiger partial charge in [0.2, 0.25) is 5.91 Å². The van der Waals surface area contributed by atoms with E-state index in [4.69, 9.17) is 0 Å². The van der Waals surface area contributed by atoms with E-state index in [0.717, 1.165) is 13.0 Å². The Morgan fingerprint density at radius 2 is 2.32 bits per heavy atom. The van der Waals surface area contributed by atoms with Gasteiger partial charge in [0.15, 0.2) is 17.6 Å². The van der Waals surface area contributed by atoms with Crippen molar-refractivity contribution in [2.45, 2.75) is 38.8 Å². The number of nitrogens with one attached hydrogen (secondary N) is 3. The lowest BCUT2D eigenvalue weighted by molar-refractivity contribution is -0.121. The highest BCUT2D eigenvalue weighted by Crippen LogP contribution is 2.20. The number of halogens is 1. The van der Waals surface area contributed by atoms with Crippen molar-refractivity contribution < 1.29 is 9.18 Å². The van der Waals surface area contributed by atoms with Crippen molar-refractivity contribution in [3.8, 4) is 0 Å². The van der Waals surface area contributed by atoms with Crippen LogP contribution in [0.5, 0.6) is 0 Å². The summed E-state index contributed by atoms with van der Waals surface area (Å²) in [6, 6.07) is 3.30. The van der Waals surface area contributed by atoms with Gasteiger partial charge in [-0.3, -0.25) is 9.79 Å². The molecule has 1 aliphatic heterocycles. The smallest absolute Gasteiger partial charge is 0.221 e. The Bertz CT molecular complexity index is 607. The van der Waals surface area contributed by atoms with E-state index in [1.807, 2.05) is 18.7 Å². The molecule has 1 saturated heterocycles. The molecule has 8 heteroatoms. The van der Waals surface area contributed by atoms with E-state index >= 15 is 0 Å². The Morgan fingerprint density at radius 3 is 3.00 bits per heavy atom. The molecule has 7 nitrogen and oxygen atoms in total. The molecule has 0 bridgehead atoms. The summed E-state index contributed by atoms with van der Waals surface area (Å²) in [5, 5.41) is 9.30. The molecule has 138 valence electrons. The summed E-state index contributed by atoms with van der Waals surface area (Å²) < 4.78 is 13.8. The second kappa shape index (κ2) is 9.19. The van der Waals surface area contributed by atoms with Crippen molar-refractivity contribution in [1.29, 1.82) is 0 Å². The first-order chi connectivity index (χ1) is 12.0. The fourth-order valence-electron chi connectivity index (χ4n) is 2.76. The van der Waals surface area contributed by atoms with Gasteiger partial charge in [-0.15, -0.1) is 0 Å². The number of hydrogen-bond donors (Lipinski definition) is 3. The van der Waals surface area contributed by atoms with E-state index in [1.54, 1.807) is 19.3 Å². The molecule has 2 heterocycles. The summed E-state index contributed by atoms with van der Waals surface area (Å²) in [7, 11) is 1.69. The minimum absolute atomic E-state index is 0.00983. The van der Waals surface area contributed by atoms with Crippen LogP contribution < -0.4 is 20.9 Å². The maximum Gasteiger partial charge on any atom is 0.221 e. The number of anilines is 1. The molecule has 1 atom stereocenters. The highest BCUT2D eigenvalue weighted by molar-refractivity contribution is 5.81. The lowest BCUT2D eigenvalue weighted by atomic mass is 10.3. The van der Waals surface area contributed by atoms with Crippen LogP contribution in [0.4, 0.5) is 10.2 Å². The number of pyridine rings is 1. The highest BCUT2D eigenvalue weighted by atomic mass is 19.1. The van der Waals surface area contributed by atoms with Gasteiger partial charge in [-0.25, -0.2) is 9.37 Å². The Hall–Kier alpha value is -2.38. The van der Waals surface area contributed by atoms with Gasteiger partial charge in [-0.2, -0.15) is 0 Å². The predicted molar refractivity (Wildman–Crippen MR) is 97.2 cm³/mol. The molecule has 0 spiro atoms. The van der Waals surface area contributed by atoms with Crippen LogP contribution in [0.1, 0.15) is 26.7 Å². The van der Waals surface area contributed by atoms with Gasteiger partial charge in [0.25, 0.3) is 0 Å². The van der Waals surface area contributed by atoms with Crippen molar-refractivity contribution in [2.24, 2.45) is 4.99 Å². The minimum atomic E-state index is -0.304. The summed E-state index contributed by atoms with van der Waals surface area (Å²) in [5.41, 5.74) is 0. The maximum absolute atomic E-state index is 13.8. The number of aromatic nitrogens is 1. The predicted octanol–water partition coefficient (Wildman–Crippen LogP) is 0.879. The number of hydrogen-bond acceptors (Lipinski definition) is 4. The zero-order valence-corrected chi connectivity index (χ0v) is 15.1. The minimum Gasteiger partial charge on any atom is -0.356 e. The van der Waals surface area contributed by atoms with Gasteiger partial charge in [-0.05, 0) is 32.4 Å². The van der Waals surface area contributed by atoms with E-state index in [9.17, 15) is 9.18 Å². The molecule has 0 aromatic carbocycles. The standard InChI is InChI=1S/C17H27FN6O/c1-12(2)22-15(25)6-9-21-17(19-3)23-13-7-10-24(11-13)16-14(18)5-4-8-20-16/h4-5,8,12-13H,6-7,9-11H2,1-3H3,(H,22,25)(H2,19,21,23). The van der Waals surface area contributed by atoms with Crippen LogP contribution >= 0.6 is 0 Å². The van der Waals surface area contributed by atoms with Gasteiger partial charge in [-0.1, -0.05) is 0 Å². The van der Waals surface area contributed by atoms with Gasteiger partial charge >= 0.3 is 0 Å². The Morgan fingerprint density at radius 1 is 1.52 bits per heavy atom. The summed E-state index contributed by atoms with van der Waals surface area (Å²) >= 11 is 0. The molecule has 3 N–H and O–H groups in total. The molecule has 1 unspecified atom stereocenters. The molecule has 0 aliphatic carbocycles. The summed E-state index contributed by atoms with van der Waals surface area (Å²) in [4.78, 5) is 21.9. The molecule has 2 rings (SSSR count). The lowest BCUT2D eigenvalue weighted by Gasteiger charge is -2.20. The maximum atomic E-state index is 13.8. The first-order valence-corrected chi connectivity index (χ1v) is 8.61. The molecular formula is C17H27FN6O. The fourth-order valence-corrected chi connectivity index (χ4v) is 2.76. The zero-order valence-electron chi connectivity index (χ0n) is 15.1. The second-order valence-electron chi connectivity index (χ2n) is 6.36. The van der Waals surface area contributed by atoms with Crippen LogP contribution in [0, 0.1) is 5.82 Å². The number of aliphatic imine (C=N–C) groups is 1. The van der Waals surface area contributed by atoms with Crippen LogP contribution in [0.2, 0.25) is 0 Å². The molecule has 1 fully saturated rings. The molecular weight excluding hydrogens is 323 g/mol. The van der Waals surface area contributed by atoms with Crippen LogP contribution in [0.25, 0.3) is 0 Å². The lowest BCUT2D eigenvalue weighted by Crippen LogP contribution is -2.45. The Labute approximate surface area is 148 Å². The van der Waals surface area contributed by atoms with Crippen molar-refractivity contribution in [3.05, 3.63) is 24.1 Å². The van der Waals surface area contributed by atoms with Crippen molar-refractivity contribution in [1.82, 2.24) is 20.9 Å². The summed E-state index contributed by atoms with van der Waals surface area (Å²) in [6.45, 7) is 5.76. The second-order valence-corrected chi connectivity index (χ2v) is 6.36. The van der Waals surface area contributed by atoms with Crippen LogP contribution in [0.15, 0.2) is 23.3 Å². The van der Waals surface area contributed by atoms with Crippen molar-refractivity contribution >= 4 is 17.7 Å². The average molecular weight is 350 g/mol. The Kier molecular flexibility index (Phi) is 6.97. The quantitative estimate of drug-likeness (QED) is 0.524. The third-order valence-corrected chi connectivity index (χ3v) is 3.89. The normalized spacial score (nSPS) is 17.7. The van der Waals surface area contributed by atoms with Gasteiger partial charge in [0.1, 0.15) is 0 Å². The number of amides is 1. The number of guanidine groups is 1.